The molecule has 0 atom stereocenters. The summed E-state index contributed by atoms with van der Waals surface area (Å²) in [7, 11) is 0. The molecule has 0 saturated carbocycles. The second-order valence-electron chi connectivity index (χ2n) is 4.99. The highest BCUT2D eigenvalue weighted by Crippen LogP contribution is 2.34. The van der Waals surface area contributed by atoms with Crippen LogP contribution in [-0.4, -0.2) is 26.5 Å². The third kappa shape index (κ3) is 2.70. The second-order valence-corrected chi connectivity index (χ2v) is 5.90. The van der Waals surface area contributed by atoms with Gasteiger partial charge in [-0.2, -0.15) is 5.10 Å². The van der Waals surface area contributed by atoms with E-state index in [1.54, 1.807) is 29.9 Å². The number of thiophene rings is 1. The molecule has 24 heavy (non-hydrogen) atoms. The Bertz CT molecular complexity index is 987. The first-order valence-electron chi connectivity index (χ1n) is 7.18. The monoisotopic (exact) mass is 335 g/mol. The molecule has 4 aromatic rings. The van der Waals surface area contributed by atoms with Gasteiger partial charge < -0.3 is 11.1 Å². The summed E-state index contributed by atoms with van der Waals surface area (Å²) in [5, 5.41) is 12.0. The van der Waals surface area contributed by atoms with Gasteiger partial charge in [-0.25, -0.2) is 15.0 Å². The number of hydrogen-bond acceptors (Lipinski definition) is 6. The van der Waals surface area contributed by atoms with Crippen molar-refractivity contribution in [2.45, 2.75) is 0 Å². The van der Waals surface area contributed by atoms with Crippen LogP contribution in [0.5, 0.6) is 0 Å². The molecule has 0 radical (unpaired) electrons. The first kappa shape index (κ1) is 14.3. The number of aromatic nitrogens is 4. The molecular formula is C16H13N7S. The number of nitrogens with one attached hydrogen (secondary N) is 2. The van der Waals surface area contributed by atoms with Crippen molar-refractivity contribution in [2.24, 2.45) is 10.7 Å². The lowest BCUT2D eigenvalue weighted by molar-refractivity contribution is 1.09. The van der Waals surface area contributed by atoms with Gasteiger partial charge in [-0.05, 0) is 24.3 Å². The predicted molar refractivity (Wildman–Crippen MR) is 97.1 cm³/mol. The van der Waals surface area contributed by atoms with Crippen LogP contribution in [0.2, 0.25) is 0 Å². The van der Waals surface area contributed by atoms with Crippen molar-refractivity contribution in [3.8, 4) is 11.1 Å². The molecule has 4 aromatic heterocycles. The van der Waals surface area contributed by atoms with Crippen LogP contribution in [0.15, 0.2) is 53.2 Å². The minimum Gasteiger partial charge on any atom is -0.390 e. The molecule has 0 bridgehead atoms. The minimum atomic E-state index is 0.580. The van der Waals surface area contributed by atoms with Crippen molar-refractivity contribution in [1.82, 2.24) is 20.2 Å². The maximum atomic E-state index is 5.29. The van der Waals surface area contributed by atoms with E-state index in [0.29, 0.717) is 5.82 Å². The Kier molecular flexibility index (Phi) is 3.64. The number of anilines is 2. The van der Waals surface area contributed by atoms with Crippen LogP contribution in [0.4, 0.5) is 17.3 Å². The van der Waals surface area contributed by atoms with Gasteiger partial charge in [0.2, 0.25) is 0 Å². The van der Waals surface area contributed by atoms with Gasteiger partial charge in [0.15, 0.2) is 5.82 Å². The molecule has 0 saturated heterocycles. The average Bonchev–Trinajstić information content (AvgIpc) is 3.25. The summed E-state index contributed by atoms with van der Waals surface area (Å²) in [5.41, 5.74) is 9.12. The maximum absolute atomic E-state index is 5.29. The quantitative estimate of drug-likeness (QED) is 0.391. The number of rotatable bonds is 4. The zero-order chi connectivity index (χ0) is 16.4. The fourth-order valence-corrected chi connectivity index (χ4v) is 3.26. The molecule has 0 unspecified atom stereocenters. The third-order valence-electron chi connectivity index (χ3n) is 3.45. The lowest BCUT2D eigenvalue weighted by atomic mass is 10.1. The Labute approximate surface area is 141 Å². The van der Waals surface area contributed by atoms with Gasteiger partial charge in [0.1, 0.15) is 5.82 Å². The minimum absolute atomic E-state index is 0.580. The van der Waals surface area contributed by atoms with Crippen LogP contribution in [-0.2, 0) is 0 Å². The summed E-state index contributed by atoms with van der Waals surface area (Å²) in [5.74, 6) is 1.34. The Hall–Kier alpha value is -3.26. The van der Waals surface area contributed by atoms with Crippen molar-refractivity contribution in [3.05, 3.63) is 48.2 Å². The van der Waals surface area contributed by atoms with Crippen molar-refractivity contribution in [3.63, 3.8) is 0 Å². The fraction of sp³-hybridized carbons (Fsp3) is 0. The second kappa shape index (κ2) is 6.09. The zero-order valence-electron chi connectivity index (χ0n) is 12.5. The molecule has 0 aliphatic heterocycles. The molecular weight excluding hydrogens is 322 g/mol. The molecule has 8 heteroatoms. The van der Waals surface area contributed by atoms with Crippen molar-refractivity contribution >= 4 is 45.2 Å². The summed E-state index contributed by atoms with van der Waals surface area (Å²) in [6.07, 6.45) is 6.50. The van der Waals surface area contributed by atoms with Gasteiger partial charge in [-0.15, -0.1) is 11.3 Å². The molecule has 7 nitrogen and oxygen atoms in total. The number of hydrogen-bond donors (Lipinski definition) is 3. The first-order valence-corrected chi connectivity index (χ1v) is 8.06. The highest BCUT2D eigenvalue weighted by Gasteiger charge is 2.10. The van der Waals surface area contributed by atoms with Crippen LogP contribution >= 0.6 is 11.3 Å². The highest BCUT2D eigenvalue weighted by molar-refractivity contribution is 7.17. The summed E-state index contributed by atoms with van der Waals surface area (Å²) in [6, 6.07) is 7.80. The predicted octanol–water partition coefficient (Wildman–Crippen LogP) is 3.44. The molecule has 4 rings (SSSR count). The molecule has 4 N–H and O–H groups in total. The van der Waals surface area contributed by atoms with Crippen LogP contribution < -0.4 is 11.1 Å². The van der Waals surface area contributed by atoms with E-state index in [-0.39, 0.29) is 0 Å². The molecule has 0 aromatic carbocycles. The average molecular weight is 335 g/mol. The van der Waals surface area contributed by atoms with E-state index in [0.717, 1.165) is 32.8 Å². The number of nitrogens with zero attached hydrogens (tertiary/aromatic N) is 4. The van der Waals surface area contributed by atoms with Crippen LogP contribution in [0.3, 0.4) is 0 Å². The third-order valence-corrected chi connectivity index (χ3v) is 4.39. The van der Waals surface area contributed by atoms with Crippen molar-refractivity contribution in [2.75, 3.05) is 5.32 Å². The fourth-order valence-electron chi connectivity index (χ4n) is 2.35. The Morgan fingerprint density at radius 2 is 2.17 bits per heavy atom. The van der Waals surface area contributed by atoms with Crippen LogP contribution in [0.25, 0.3) is 21.3 Å². The standard InChI is InChI=1S/C16H13N7S/c17-9-19-14-3-1-10(5-18-14)12-8-24-13-2-4-15(23-16(12)13)22-11-6-20-21-7-11/h1-9H,(H,20,21)(H,22,23)(H2,17,18,19). The number of aromatic amines is 1. The summed E-state index contributed by atoms with van der Waals surface area (Å²) >= 11 is 1.65. The van der Waals surface area contributed by atoms with Gasteiger partial charge in [0.05, 0.1) is 28.4 Å². The molecule has 0 fully saturated rings. The first-order chi connectivity index (χ1) is 11.8. The molecule has 118 valence electrons. The Morgan fingerprint density at radius 1 is 1.21 bits per heavy atom. The van der Waals surface area contributed by atoms with Gasteiger partial charge in [0, 0.05) is 28.9 Å². The van der Waals surface area contributed by atoms with Gasteiger partial charge >= 0.3 is 0 Å². The molecule has 0 amide bonds. The highest BCUT2D eigenvalue weighted by atomic mass is 32.1. The van der Waals surface area contributed by atoms with Crippen molar-refractivity contribution in [1.29, 1.82) is 0 Å². The smallest absolute Gasteiger partial charge is 0.153 e. The van der Waals surface area contributed by atoms with Gasteiger partial charge in [-0.3, -0.25) is 5.10 Å². The normalized spacial score (nSPS) is 11.3. The summed E-state index contributed by atoms with van der Waals surface area (Å²) < 4.78 is 1.12. The Morgan fingerprint density at radius 3 is 2.92 bits per heavy atom. The molecule has 0 aliphatic rings. The lowest BCUT2D eigenvalue weighted by Gasteiger charge is -2.04. The summed E-state index contributed by atoms with van der Waals surface area (Å²) in [4.78, 5) is 13.0. The van der Waals surface area contributed by atoms with Crippen LogP contribution in [0, 0.1) is 0 Å². The lowest BCUT2D eigenvalue weighted by Crippen LogP contribution is -1.92. The number of pyridine rings is 2. The topological polar surface area (TPSA) is 105 Å². The molecule has 0 spiro atoms. The number of H-pyrrole nitrogens is 1. The van der Waals surface area contributed by atoms with E-state index >= 15 is 0 Å². The van der Waals surface area contributed by atoms with E-state index in [4.69, 9.17) is 10.7 Å². The van der Waals surface area contributed by atoms with Crippen molar-refractivity contribution < 1.29 is 0 Å². The number of nitrogens with two attached hydrogens (primary N) is 1. The molecule has 0 aliphatic carbocycles. The van der Waals surface area contributed by atoms with E-state index in [9.17, 15) is 0 Å². The van der Waals surface area contributed by atoms with E-state index in [2.05, 4.69) is 36.9 Å². The number of aliphatic imine (C=N–C) groups is 1. The maximum Gasteiger partial charge on any atom is 0.153 e. The number of fused-ring (bicyclic) bond motifs is 1. The summed E-state index contributed by atoms with van der Waals surface area (Å²) in [6.45, 7) is 0. The SMILES string of the molecule is NC=Nc1ccc(-c2csc3ccc(Nc4cn[nH]c4)nc23)cn1. The van der Waals surface area contributed by atoms with Gasteiger partial charge in [-0.1, -0.05) is 0 Å². The van der Waals surface area contributed by atoms with E-state index < -0.39 is 0 Å². The largest absolute Gasteiger partial charge is 0.390 e. The molecule has 4 heterocycles. The van der Waals surface area contributed by atoms with Gasteiger partial charge in [0.25, 0.3) is 0 Å². The van der Waals surface area contributed by atoms with E-state index in [1.165, 1.54) is 6.34 Å². The van der Waals surface area contributed by atoms with Crippen LogP contribution in [0.1, 0.15) is 0 Å². The Balaban J connectivity index is 1.72. The van der Waals surface area contributed by atoms with E-state index in [1.807, 2.05) is 18.2 Å². The zero-order valence-corrected chi connectivity index (χ0v) is 13.3.